The zero-order chi connectivity index (χ0) is 17.3. The molecule has 2 fully saturated rings. The Labute approximate surface area is 148 Å². The van der Waals surface area contributed by atoms with E-state index in [0.29, 0.717) is 12.0 Å². The van der Waals surface area contributed by atoms with E-state index in [9.17, 15) is 4.79 Å². The summed E-state index contributed by atoms with van der Waals surface area (Å²) in [5.41, 5.74) is 2.83. The number of benzene rings is 1. The van der Waals surface area contributed by atoms with Gasteiger partial charge in [0.25, 0.3) is 0 Å². The van der Waals surface area contributed by atoms with E-state index in [0.717, 1.165) is 43.7 Å². The van der Waals surface area contributed by atoms with E-state index in [1.165, 1.54) is 11.1 Å². The van der Waals surface area contributed by atoms with Gasteiger partial charge in [0.15, 0.2) is 11.5 Å². The third kappa shape index (κ3) is 1.85. The third-order valence-corrected chi connectivity index (χ3v) is 7.19. The van der Waals surface area contributed by atoms with Crippen molar-refractivity contribution in [2.24, 2.45) is 5.92 Å². The van der Waals surface area contributed by atoms with Crippen molar-refractivity contribution in [3.05, 3.63) is 23.3 Å². The van der Waals surface area contributed by atoms with Gasteiger partial charge in [-0.2, -0.15) is 0 Å². The Hall–Kier alpha value is -1.75. The van der Waals surface area contributed by atoms with E-state index in [1.807, 2.05) is 6.07 Å². The molecule has 1 amide bonds. The number of amides is 1. The predicted octanol–water partition coefficient (Wildman–Crippen LogP) is 1.87. The Morgan fingerprint density at radius 1 is 1.40 bits per heavy atom. The Balaban J connectivity index is 1.71. The maximum absolute atomic E-state index is 11.8. The van der Waals surface area contributed by atoms with Crippen LogP contribution >= 0.6 is 0 Å². The quantitative estimate of drug-likeness (QED) is 0.891. The molecule has 5 rings (SSSR count). The number of ether oxygens (including phenoxy) is 2. The molecule has 5 nitrogen and oxygen atoms in total. The summed E-state index contributed by atoms with van der Waals surface area (Å²) in [5.74, 6) is 2.41. The number of nitrogens with zero attached hydrogens (tertiary/aromatic N) is 1. The zero-order valence-corrected chi connectivity index (χ0v) is 15.2. The topological polar surface area (TPSA) is 50.8 Å². The molecule has 0 aromatic heterocycles. The lowest BCUT2D eigenvalue weighted by molar-refractivity contribution is -0.122. The fourth-order valence-electron chi connectivity index (χ4n) is 6.30. The largest absolute Gasteiger partial charge is 0.493 e. The maximum atomic E-state index is 11.8. The highest BCUT2D eigenvalue weighted by molar-refractivity contribution is 5.73. The van der Waals surface area contributed by atoms with Crippen LogP contribution in [0.15, 0.2) is 12.1 Å². The van der Waals surface area contributed by atoms with Gasteiger partial charge in [0.05, 0.1) is 13.2 Å². The van der Waals surface area contributed by atoms with Gasteiger partial charge in [0, 0.05) is 23.9 Å². The molecule has 5 heteroatoms. The number of piperidine rings is 1. The van der Waals surface area contributed by atoms with Crippen molar-refractivity contribution in [3.63, 3.8) is 0 Å². The first-order valence-corrected chi connectivity index (χ1v) is 9.40. The second-order valence-electron chi connectivity index (χ2n) is 8.20. The van der Waals surface area contributed by atoms with Crippen LogP contribution in [0.3, 0.4) is 0 Å². The van der Waals surface area contributed by atoms with Gasteiger partial charge in [0.1, 0.15) is 6.10 Å². The van der Waals surface area contributed by atoms with Crippen molar-refractivity contribution in [1.29, 1.82) is 0 Å². The van der Waals surface area contributed by atoms with E-state index in [2.05, 4.69) is 23.3 Å². The van der Waals surface area contributed by atoms with Crippen LogP contribution in [0.4, 0.5) is 0 Å². The SMILES string of the molecule is COc1ccc2c3c1O[C@H]1[C@H](NC(C)=O)CC[C@@H]4[C@@H](C2)N(C)CC[C@@]341. The minimum absolute atomic E-state index is 0.0247. The van der Waals surface area contributed by atoms with Crippen LogP contribution in [0.25, 0.3) is 0 Å². The Kier molecular flexibility index (Phi) is 3.18. The molecule has 5 atom stereocenters. The number of nitrogens with one attached hydrogen (secondary N) is 1. The van der Waals surface area contributed by atoms with Gasteiger partial charge in [-0.3, -0.25) is 4.79 Å². The van der Waals surface area contributed by atoms with Gasteiger partial charge < -0.3 is 19.7 Å². The molecule has 2 bridgehead atoms. The minimum Gasteiger partial charge on any atom is -0.493 e. The van der Waals surface area contributed by atoms with E-state index in [4.69, 9.17) is 9.47 Å². The van der Waals surface area contributed by atoms with E-state index < -0.39 is 0 Å². The number of methoxy groups -OCH3 is 1. The van der Waals surface area contributed by atoms with Crippen LogP contribution < -0.4 is 14.8 Å². The summed E-state index contributed by atoms with van der Waals surface area (Å²) in [5, 5.41) is 3.18. The molecule has 1 spiro atoms. The van der Waals surface area contributed by atoms with Crippen LogP contribution in [0, 0.1) is 5.92 Å². The highest BCUT2D eigenvalue weighted by Gasteiger charge is 2.65. The lowest BCUT2D eigenvalue weighted by Gasteiger charge is -2.59. The van der Waals surface area contributed by atoms with Gasteiger partial charge in [-0.1, -0.05) is 6.07 Å². The highest BCUT2D eigenvalue weighted by atomic mass is 16.5. The zero-order valence-electron chi connectivity index (χ0n) is 15.2. The first-order chi connectivity index (χ1) is 12.1. The number of hydrogen-bond donors (Lipinski definition) is 1. The van der Waals surface area contributed by atoms with Gasteiger partial charge >= 0.3 is 0 Å². The van der Waals surface area contributed by atoms with Crippen LogP contribution in [0.2, 0.25) is 0 Å². The summed E-state index contributed by atoms with van der Waals surface area (Å²) in [6.07, 6.45) is 4.36. The summed E-state index contributed by atoms with van der Waals surface area (Å²) in [4.78, 5) is 14.3. The van der Waals surface area contributed by atoms with Crippen LogP contribution in [-0.4, -0.2) is 49.7 Å². The van der Waals surface area contributed by atoms with Crippen molar-refractivity contribution in [1.82, 2.24) is 10.2 Å². The molecule has 1 saturated heterocycles. The molecule has 25 heavy (non-hydrogen) atoms. The first kappa shape index (κ1) is 15.5. The normalized spacial score (nSPS) is 37.9. The molecule has 2 aliphatic carbocycles. The lowest BCUT2D eigenvalue weighted by Crippen LogP contribution is -2.68. The molecule has 2 aliphatic heterocycles. The number of hydrogen-bond acceptors (Lipinski definition) is 4. The second kappa shape index (κ2) is 5.13. The average Bonchev–Trinajstić information content (AvgIpc) is 2.94. The fourth-order valence-corrected chi connectivity index (χ4v) is 6.30. The molecule has 1 aromatic rings. The Bertz CT molecular complexity index is 749. The lowest BCUT2D eigenvalue weighted by atomic mass is 9.51. The van der Waals surface area contributed by atoms with E-state index in [-0.39, 0.29) is 23.5 Å². The van der Waals surface area contributed by atoms with E-state index in [1.54, 1.807) is 14.0 Å². The number of likely N-dealkylation sites (tertiary alicyclic amines) is 1. The van der Waals surface area contributed by atoms with Crippen molar-refractivity contribution >= 4 is 5.91 Å². The summed E-state index contributed by atoms with van der Waals surface area (Å²) in [7, 11) is 3.97. The Morgan fingerprint density at radius 3 is 3.00 bits per heavy atom. The second-order valence-corrected chi connectivity index (χ2v) is 8.20. The summed E-state index contributed by atoms with van der Waals surface area (Å²) in [6.45, 7) is 2.69. The van der Waals surface area contributed by atoms with Gasteiger partial charge in [0.2, 0.25) is 5.91 Å². The van der Waals surface area contributed by atoms with Crippen molar-refractivity contribution in [2.45, 2.75) is 56.2 Å². The summed E-state index contributed by atoms with van der Waals surface area (Å²) in [6, 6.07) is 4.94. The highest BCUT2D eigenvalue weighted by Crippen LogP contribution is 2.63. The number of rotatable bonds is 2. The molecular weight excluding hydrogens is 316 g/mol. The third-order valence-electron chi connectivity index (χ3n) is 7.19. The standard InChI is InChI=1S/C20H26N2O3/c1-11(23)21-14-6-5-13-15-10-12-4-7-16(24-3)18-17(12)20(13,19(14)25-18)8-9-22(15)2/h4,7,13-15,19H,5-6,8-10H2,1-3H3,(H,21,23)/t13-,14-,15-,19+,20+/m1/s1. The van der Waals surface area contributed by atoms with Gasteiger partial charge in [-0.25, -0.2) is 0 Å². The van der Waals surface area contributed by atoms with Crippen molar-refractivity contribution in [3.8, 4) is 11.5 Å². The monoisotopic (exact) mass is 342 g/mol. The van der Waals surface area contributed by atoms with Crippen LogP contribution in [-0.2, 0) is 16.6 Å². The van der Waals surface area contributed by atoms with Crippen molar-refractivity contribution < 1.29 is 14.3 Å². The Morgan fingerprint density at radius 2 is 2.24 bits per heavy atom. The van der Waals surface area contributed by atoms with Gasteiger partial charge in [-0.15, -0.1) is 0 Å². The molecule has 1 N–H and O–H groups in total. The number of carbonyl (C=O) groups excluding carboxylic acids is 1. The first-order valence-electron chi connectivity index (χ1n) is 9.40. The fraction of sp³-hybridized carbons (Fsp3) is 0.650. The summed E-state index contributed by atoms with van der Waals surface area (Å²) < 4.78 is 12.2. The number of likely N-dealkylation sites (N-methyl/N-ethyl adjacent to an activating group) is 1. The van der Waals surface area contributed by atoms with Crippen LogP contribution in [0.5, 0.6) is 11.5 Å². The molecule has 1 saturated carbocycles. The molecule has 0 unspecified atom stereocenters. The average molecular weight is 342 g/mol. The molecule has 134 valence electrons. The predicted molar refractivity (Wildman–Crippen MR) is 94.2 cm³/mol. The molecule has 4 aliphatic rings. The maximum Gasteiger partial charge on any atom is 0.217 e. The smallest absolute Gasteiger partial charge is 0.217 e. The van der Waals surface area contributed by atoms with E-state index >= 15 is 0 Å². The van der Waals surface area contributed by atoms with Crippen molar-refractivity contribution in [2.75, 3.05) is 20.7 Å². The van der Waals surface area contributed by atoms with Crippen LogP contribution in [0.1, 0.15) is 37.3 Å². The number of carbonyl (C=O) groups is 1. The molecule has 0 radical (unpaired) electrons. The minimum atomic E-state index is 0.0247. The van der Waals surface area contributed by atoms with Gasteiger partial charge in [-0.05, 0) is 56.8 Å². The molecular formula is C20H26N2O3. The molecule has 1 aromatic carbocycles. The molecule has 2 heterocycles. The summed E-state index contributed by atoms with van der Waals surface area (Å²) >= 11 is 0.